The Morgan fingerprint density at radius 1 is 1.21 bits per heavy atom. The zero-order valence-corrected chi connectivity index (χ0v) is 8.82. The molecule has 0 aliphatic carbocycles. The molecule has 0 aliphatic heterocycles. The highest BCUT2D eigenvalue weighted by atomic mass is 16.5. The van der Waals surface area contributed by atoms with E-state index in [4.69, 9.17) is 10.1 Å². The van der Waals surface area contributed by atoms with Crippen molar-refractivity contribution >= 4 is 5.69 Å². The smallest absolute Gasteiger partial charge is 0.385 e. The maximum atomic E-state index is 8.47. The van der Waals surface area contributed by atoms with E-state index in [1.54, 1.807) is 24.3 Å². The van der Waals surface area contributed by atoms with Crippen LogP contribution in [0.4, 0.5) is 5.69 Å². The number of nitrogens with zero attached hydrogens (tertiary/aromatic N) is 2. The van der Waals surface area contributed by atoms with Gasteiger partial charge in [-0.2, -0.15) is 0 Å². The molecule has 0 atom stereocenters. The fourth-order valence-electron chi connectivity index (χ4n) is 0.909. The molecule has 0 saturated heterocycles. The van der Waals surface area contributed by atoms with E-state index in [1.807, 2.05) is 0 Å². The van der Waals surface area contributed by atoms with E-state index in [9.17, 15) is 0 Å². The highest BCUT2D eigenvalue weighted by Gasteiger charge is 2.11. The van der Waals surface area contributed by atoms with Crippen LogP contribution < -0.4 is 4.74 Å². The Bertz CT molecular complexity index is 330. The SMILES string of the molecule is CC(C)(C)COc1ccc([N+]#N)cc1. The first kappa shape index (κ1) is 10.5. The van der Waals surface area contributed by atoms with Gasteiger partial charge in [-0.05, 0) is 17.5 Å². The molecule has 0 fully saturated rings. The quantitative estimate of drug-likeness (QED) is 0.670. The molecule has 0 unspecified atom stereocenters. The second kappa shape index (κ2) is 4.10. The summed E-state index contributed by atoms with van der Waals surface area (Å²) in [6, 6.07) is 7.00. The molecule has 1 rings (SSSR count). The summed E-state index contributed by atoms with van der Waals surface area (Å²) in [5.74, 6) is 0.798. The van der Waals surface area contributed by atoms with Crippen molar-refractivity contribution in [3.8, 4) is 5.75 Å². The van der Waals surface area contributed by atoms with Crippen molar-refractivity contribution < 1.29 is 4.74 Å². The fraction of sp³-hybridized carbons (Fsp3) is 0.455. The molecule has 0 radical (unpaired) electrons. The van der Waals surface area contributed by atoms with E-state index in [1.165, 1.54) is 0 Å². The third-order valence-corrected chi connectivity index (χ3v) is 1.62. The predicted octanol–water partition coefficient (Wildman–Crippen LogP) is 3.60. The van der Waals surface area contributed by atoms with Crippen molar-refractivity contribution in [2.24, 2.45) is 5.41 Å². The largest absolute Gasteiger partial charge is 0.493 e. The first-order valence-corrected chi connectivity index (χ1v) is 4.59. The highest BCUT2D eigenvalue weighted by molar-refractivity contribution is 5.46. The summed E-state index contributed by atoms with van der Waals surface area (Å²) in [7, 11) is 0. The summed E-state index contributed by atoms with van der Waals surface area (Å²) in [4.78, 5) is 3.06. The van der Waals surface area contributed by atoms with E-state index in [0.717, 1.165) is 5.75 Å². The lowest BCUT2D eigenvalue weighted by Gasteiger charge is -2.18. The van der Waals surface area contributed by atoms with Crippen LogP contribution in [0.15, 0.2) is 24.3 Å². The number of rotatable bonds is 2. The lowest BCUT2D eigenvalue weighted by molar-refractivity contribution is 0.198. The van der Waals surface area contributed by atoms with Crippen LogP contribution in [0.25, 0.3) is 4.98 Å². The van der Waals surface area contributed by atoms with E-state index in [2.05, 4.69) is 25.7 Å². The standard InChI is InChI=1S/C11H15N2O/c1-11(2,3)8-14-10-6-4-9(13-12)5-7-10/h4-7H,8H2,1-3H3/q+1. The molecular weight excluding hydrogens is 176 g/mol. The van der Waals surface area contributed by atoms with Gasteiger partial charge in [0.1, 0.15) is 5.75 Å². The molecule has 0 heterocycles. The minimum absolute atomic E-state index is 0.153. The fourth-order valence-corrected chi connectivity index (χ4v) is 0.909. The molecule has 1 aromatic rings. The molecule has 0 spiro atoms. The lowest BCUT2D eigenvalue weighted by Crippen LogP contribution is -2.16. The average Bonchev–Trinajstić information content (AvgIpc) is 2.14. The topological polar surface area (TPSA) is 37.4 Å². The van der Waals surface area contributed by atoms with Crippen LogP contribution in [0.3, 0.4) is 0 Å². The Kier molecular flexibility index (Phi) is 3.08. The Labute approximate surface area is 84.3 Å². The molecule has 3 nitrogen and oxygen atoms in total. The van der Waals surface area contributed by atoms with Crippen molar-refractivity contribution in [1.82, 2.24) is 0 Å². The maximum absolute atomic E-state index is 8.47. The normalized spacial score (nSPS) is 10.7. The van der Waals surface area contributed by atoms with Crippen LogP contribution >= 0.6 is 0 Å². The van der Waals surface area contributed by atoms with E-state index in [-0.39, 0.29) is 5.41 Å². The Balaban J connectivity index is 2.58. The highest BCUT2D eigenvalue weighted by Crippen LogP contribution is 2.20. The molecule has 0 saturated carbocycles. The van der Waals surface area contributed by atoms with Crippen molar-refractivity contribution in [3.63, 3.8) is 0 Å². The number of hydrogen-bond donors (Lipinski definition) is 0. The molecule has 0 bridgehead atoms. The van der Waals surface area contributed by atoms with Crippen LogP contribution in [0.2, 0.25) is 0 Å². The van der Waals surface area contributed by atoms with E-state index < -0.39 is 0 Å². The van der Waals surface area contributed by atoms with Crippen LogP contribution in [0.5, 0.6) is 5.75 Å². The summed E-state index contributed by atoms with van der Waals surface area (Å²) in [6.07, 6.45) is 0. The van der Waals surface area contributed by atoms with E-state index in [0.29, 0.717) is 12.3 Å². The van der Waals surface area contributed by atoms with Gasteiger partial charge in [-0.1, -0.05) is 20.8 Å². The van der Waals surface area contributed by atoms with Crippen molar-refractivity contribution in [3.05, 3.63) is 29.2 Å². The third-order valence-electron chi connectivity index (χ3n) is 1.62. The summed E-state index contributed by atoms with van der Waals surface area (Å²) in [6.45, 7) is 7.02. The summed E-state index contributed by atoms with van der Waals surface area (Å²) >= 11 is 0. The van der Waals surface area contributed by atoms with Crippen molar-refractivity contribution in [1.29, 1.82) is 5.39 Å². The van der Waals surface area contributed by atoms with Crippen molar-refractivity contribution in [2.75, 3.05) is 6.61 Å². The summed E-state index contributed by atoms with van der Waals surface area (Å²) < 4.78 is 5.55. The monoisotopic (exact) mass is 191 g/mol. The second-order valence-corrected chi connectivity index (χ2v) is 4.44. The lowest BCUT2D eigenvalue weighted by atomic mass is 9.99. The Hall–Kier alpha value is -1.56. The number of hydrogen-bond acceptors (Lipinski definition) is 2. The molecule has 14 heavy (non-hydrogen) atoms. The summed E-state index contributed by atoms with van der Waals surface area (Å²) in [5, 5.41) is 8.47. The van der Waals surface area contributed by atoms with Gasteiger partial charge in [0.2, 0.25) is 5.39 Å². The molecule has 0 amide bonds. The zero-order valence-electron chi connectivity index (χ0n) is 8.82. The molecule has 0 aliphatic rings. The molecular formula is C11H15N2O+. The Morgan fingerprint density at radius 2 is 1.79 bits per heavy atom. The van der Waals surface area contributed by atoms with Gasteiger partial charge < -0.3 is 4.74 Å². The Morgan fingerprint density at radius 3 is 2.21 bits per heavy atom. The third kappa shape index (κ3) is 3.44. The van der Waals surface area contributed by atoms with Gasteiger partial charge in [0.05, 0.1) is 6.61 Å². The average molecular weight is 191 g/mol. The number of ether oxygens (including phenoxy) is 1. The van der Waals surface area contributed by atoms with Gasteiger partial charge in [0, 0.05) is 12.1 Å². The van der Waals surface area contributed by atoms with Crippen LogP contribution in [-0.4, -0.2) is 6.61 Å². The van der Waals surface area contributed by atoms with Gasteiger partial charge in [-0.15, -0.1) is 0 Å². The number of diazo groups is 1. The van der Waals surface area contributed by atoms with Crippen LogP contribution in [0, 0.1) is 10.8 Å². The van der Waals surface area contributed by atoms with Crippen LogP contribution in [0.1, 0.15) is 20.8 Å². The minimum atomic E-state index is 0.153. The second-order valence-electron chi connectivity index (χ2n) is 4.44. The predicted molar refractivity (Wildman–Crippen MR) is 56.1 cm³/mol. The maximum Gasteiger partial charge on any atom is 0.385 e. The summed E-state index contributed by atoms with van der Waals surface area (Å²) in [5.41, 5.74) is 0.688. The molecule has 0 N–H and O–H groups in total. The first-order valence-electron chi connectivity index (χ1n) is 4.59. The van der Waals surface area contributed by atoms with Gasteiger partial charge in [0.25, 0.3) is 0 Å². The van der Waals surface area contributed by atoms with Gasteiger partial charge in [-0.25, -0.2) is 0 Å². The molecule has 1 aromatic carbocycles. The minimum Gasteiger partial charge on any atom is -0.493 e. The zero-order chi connectivity index (χ0) is 10.6. The van der Waals surface area contributed by atoms with Gasteiger partial charge >= 0.3 is 5.69 Å². The van der Waals surface area contributed by atoms with Crippen LogP contribution in [-0.2, 0) is 0 Å². The van der Waals surface area contributed by atoms with Gasteiger partial charge in [-0.3, -0.25) is 0 Å². The first-order chi connectivity index (χ1) is 6.51. The molecule has 0 aromatic heterocycles. The van der Waals surface area contributed by atoms with Crippen molar-refractivity contribution in [2.45, 2.75) is 20.8 Å². The van der Waals surface area contributed by atoms with E-state index >= 15 is 0 Å². The van der Waals surface area contributed by atoms with Gasteiger partial charge in [0.15, 0.2) is 4.98 Å². The molecule has 3 heteroatoms. The number of benzene rings is 1. The molecule has 74 valence electrons.